The average Bonchev–Trinajstić information content (AvgIpc) is 2.95. The van der Waals surface area contributed by atoms with E-state index >= 15 is 0 Å². The van der Waals surface area contributed by atoms with E-state index in [1.165, 1.54) is 47.4 Å². The first-order valence-electron chi connectivity index (χ1n) is 7.31. The van der Waals surface area contributed by atoms with Gasteiger partial charge >= 0.3 is 6.09 Å². The average molecular weight is 332 g/mol. The summed E-state index contributed by atoms with van der Waals surface area (Å²) in [5, 5.41) is 2.54. The molecule has 0 bridgehead atoms. The monoisotopic (exact) mass is 332 g/mol. The number of nitrogens with zero attached hydrogens (tertiary/aromatic N) is 1. The highest BCUT2D eigenvalue weighted by Gasteiger charge is 2.32. The Labute approximate surface area is 136 Å². The summed E-state index contributed by atoms with van der Waals surface area (Å²) in [5.74, 6) is -1.60. The van der Waals surface area contributed by atoms with Crippen molar-refractivity contribution >= 4 is 17.7 Å². The quantitative estimate of drug-likeness (QED) is 0.936. The van der Waals surface area contributed by atoms with Gasteiger partial charge in [-0.3, -0.25) is 9.69 Å². The van der Waals surface area contributed by atoms with Crippen LogP contribution in [-0.2, 0) is 4.74 Å². The molecule has 0 aromatic heterocycles. The van der Waals surface area contributed by atoms with Crippen molar-refractivity contribution in [3.63, 3.8) is 0 Å². The first-order valence-corrected chi connectivity index (χ1v) is 7.31. The molecule has 5 nitrogen and oxygen atoms in total. The largest absolute Gasteiger partial charge is 0.442 e. The topological polar surface area (TPSA) is 58.6 Å². The first-order chi connectivity index (χ1) is 11.5. The minimum Gasteiger partial charge on any atom is -0.442 e. The van der Waals surface area contributed by atoms with Gasteiger partial charge in [0.15, 0.2) is 0 Å². The minimum atomic E-state index is -0.619. The van der Waals surface area contributed by atoms with Crippen molar-refractivity contribution in [1.29, 1.82) is 0 Å². The van der Waals surface area contributed by atoms with Crippen molar-refractivity contribution in [2.45, 2.75) is 6.10 Å². The maximum Gasteiger partial charge on any atom is 0.414 e. The van der Waals surface area contributed by atoms with Gasteiger partial charge in [0.25, 0.3) is 5.91 Å². The smallest absolute Gasteiger partial charge is 0.414 e. The number of cyclic esters (lactones) is 1. The molecule has 1 heterocycles. The second-order valence-corrected chi connectivity index (χ2v) is 5.28. The zero-order chi connectivity index (χ0) is 17.1. The van der Waals surface area contributed by atoms with Gasteiger partial charge in [0.2, 0.25) is 0 Å². The molecule has 0 saturated carbocycles. The van der Waals surface area contributed by atoms with Crippen LogP contribution in [0.4, 0.5) is 19.3 Å². The Hall–Kier alpha value is -2.96. The number of ether oxygens (including phenoxy) is 1. The number of hydrogen-bond donors (Lipinski definition) is 1. The van der Waals surface area contributed by atoms with Gasteiger partial charge in [-0.15, -0.1) is 0 Å². The third-order valence-electron chi connectivity index (χ3n) is 3.62. The Morgan fingerprint density at radius 2 is 1.88 bits per heavy atom. The molecule has 1 fully saturated rings. The summed E-state index contributed by atoms with van der Waals surface area (Å²) in [6.45, 7) is 0.263. The summed E-state index contributed by atoms with van der Waals surface area (Å²) in [6, 6.07) is 11.0. The second-order valence-electron chi connectivity index (χ2n) is 5.28. The zero-order valence-corrected chi connectivity index (χ0v) is 12.5. The van der Waals surface area contributed by atoms with E-state index in [-0.39, 0.29) is 18.7 Å². The zero-order valence-electron chi connectivity index (χ0n) is 12.5. The molecule has 1 unspecified atom stereocenters. The molecule has 124 valence electrons. The Bertz CT molecular complexity index is 765. The van der Waals surface area contributed by atoms with Crippen molar-refractivity contribution in [2.24, 2.45) is 0 Å². The number of hydrogen-bond acceptors (Lipinski definition) is 3. The number of nitrogens with one attached hydrogen (secondary N) is 1. The summed E-state index contributed by atoms with van der Waals surface area (Å²) in [6.07, 6.45) is -1.15. The molecule has 2 aromatic rings. The normalized spacial score (nSPS) is 16.8. The van der Waals surface area contributed by atoms with Crippen LogP contribution in [0.25, 0.3) is 0 Å². The third kappa shape index (κ3) is 3.34. The number of benzene rings is 2. The van der Waals surface area contributed by atoms with Crippen LogP contribution in [0.5, 0.6) is 0 Å². The van der Waals surface area contributed by atoms with Gasteiger partial charge in [-0.1, -0.05) is 12.1 Å². The van der Waals surface area contributed by atoms with E-state index in [1.807, 2.05) is 0 Å². The molecule has 1 aliphatic heterocycles. The molecule has 7 heteroatoms. The summed E-state index contributed by atoms with van der Waals surface area (Å²) < 4.78 is 31.6. The fourth-order valence-corrected chi connectivity index (χ4v) is 2.41. The molecule has 0 aliphatic carbocycles. The fraction of sp³-hybridized carbons (Fsp3) is 0.176. The highest BCUT2D eigenvalue weighted by atomic mass is 19.1. The van der Waals surface area contributed by atoms with Crippen LogP contribution < -0.4 is 10.2 Å². The number of rotatable bonds is 4. The van der Waals surface area contributed by atoms with Gasteiger partial charge in [0, 0.05) is 5.69 Å². The van der Waals surface area contributed by atoms with Crippen LogP contribution >= 0.6 is 0 Å². The molecule has 1 N–H and O–H groups in total. The molecule has 3 rings (SSSR count). The van der Waals surface area contributed by atoms with Crippen molar-refractivity contribution in [3.05, 3.63) is 65.7 Å². The molecule has 1 saturated heterocycles. The van der Waals surface area contributed by atoms with Crippen molar-refractivity contribution in [1.82, 2.24) is 5.32 Å². The lowest BCUT2D eigenvalue weighted by Crippen LogP contribution is -2.35. The number of carbonyl (C=O) groups is 2. The first kappa shape index (κ1) is 15.9. The molecule has 0 radical (unpaired) electrons. The van der Waals surface area contributed by atoms with Crippen LogP contribution in [0.3, 0.4) is 0 Å². The SMILES string of the molecule is O=C(NCC1CN(c2ccc(F)cc2)C(=O)O1)c1ccccc1F. The number of carbonyl (C=O) groups excluding carboxylic acids is 2. The van der Waals surface area contributed by atoms with E-state index in [2.05, 4.69) is 5.32 Å². The van der Waals surface area contributed by atoms with Crippen LogP contribution in [0.2, 0.25) is 0 Å². The van der Waals surface area contributed by atoms with E-state index in [0.29, 0.717) is 5.69 Å². The van der Waals surface area contributed by atoms with Gasteiger partial charge in [-0.05, 0) is 36.4 Å². The standard InChI is InChI=1S/C17H14F2N2O3/c18-11-5-7-12(8-6-11)21-10-13(24-17(21)23)9-20-16(22)14-3-1-2-4-15(14)19/h1-8,13H,9-10H2,(H,20,22). The van der Waals surface area contributed by atoms with Crippen LogP contribution in [0.15, 0.2) is 48.5 Å². The van der Waals surface area contributed by atoms with Gasteiger partial charge in [-0.25, -0.2) is 13.6 Å². The summed E-state index contributed by atoms with van der Waals surface area (Å²) in [4.78, 5) is 25.2. The van der Waals surface area contributed by atoms with Crippen LogP contribution in [0.1, 0.15) is 10.4 Å². The minimum absolute atomic E-state index is 0.0522. The second kappa shape index (κ2) is 6.66. The maximum atomic E-state index is 13.5. The molecular weight excluding hydrogens is 318 g/mol. The molecule has 2 aromatic carbocycles. The van der Waals surface area contributed by atoms with Crippen LogP contribution in [0, 0.1) is 11.6 Å². The van der Waals surface area contributed by atoms with E-state index in [4.69, 9.17) is 4.74 Å². The lowest BCUT2D eigenvalue weighted by Gasteiger charge is -2.13. The van der Waals surface area contributed by atoms with Gasteiger partial charge in [-0.2, -0.15) is 0 Å². The van der Waals surface area contributed by atoms with Crippen molar-refractivity contribution in [3.8, 4) is 0 Å². The lowest BCUT2D eigenvalue weighted by atomic mass is 10.2. The van der Waals surface area contributed by atoms with Gasteiger partial charge in [0.05, 0.1) is 18.7 Å². The molecule has 24 heavy (non-hydrogen) atoms. The van der Waals surface area contributed by atoms with Crippen molar-refractivity contribution < 1.29 is 23.1 Å². The third-order valence-corrected chi connectivity index (χ3v) is 3.62. The molecule has 0 spiro atoms. The highest BCUT2D eigenvalue weighted by molar-refractivity contribution is 5.94. The Morgan fingerprint density at radius 3 is 2.58 bits per heavy atom. The molecular formula is C17H14F2N2O3. The summed E-state index contributed by atoms with van der Waals surface area (Å²) >= 11 is 0. The Balaban J connectivity index is 1.59. The molecule has 1 aliphatic rings. The van der Waals surface area contributed by atoms with Gasteiger partial charge in [0.1, 0.15) is 17.7 Å². The van der Waals surface area contributed by atoms with E-state index in [9.17, 15) is 18.4 Å². The molecule has 2 amide bonds. The van der Waals surface area contributed by atoms with Crippen molar-refractivity contribution in [2.75, 3.05) is 18.0 Å². The lowest BCUT2D eigenvalue weighted by molar-refractivity contribution is 0.0912. The Kier molecular flexibility index (Phi) is 4.41. The molecule has 1 atom stereocenters. The summed E-state index contributed by atoms with van der Waals surface area (Å²) in [7, 11) is 0. The fourth-order valence-electron chi connectivity index (χ4n) is 2.41. The van der Waals surface area contributed by atoms with E-state index in [1.54, 1.807) is 6.07 Å². The number of anilines is 1. The van der Waals surface area contributed by atoms with E-state index in [0.717, 1.165) is 0 Å². The summed E-state index contributed by atoms with van der Waals surface area (Å²) in [5.41, 5.74) is 0.432. The maximum absolute atomic E-state index is 13.5. The van der Waals surface area contributed by atoms with Crippen LogP contribution in [-0.4, -0.2) is 31.2 Å². The predicted octanol–water partition coefficient (Wildman–Crippen LogP) is 2.72. The van der Waals surface area contributed by atoms with Gasteiger partial charge < -0.3 is 10.1 Å². The van der Waals surface area contributed by atoms with E-state index < -0.39 is 29.7 Å². The highest BCUT2D eigenvalue weighted by Crippen LogP contribution is 2.21. The number of halogens is 2. The predicted molar refractivity (Wildman–Crippen MR) is 82.7 cm³/mol. The number of amides is 2. The Morgan fingerprint density at radius 1 is 1.17 bits per heavy atom.